The van der Waals surface area contributed by atoms with Crippen LogP contribution in [0.15, 0.2) is 29.3 Å². The van der Waals surface area contributed by atoms with Crippen LogP contribution in [0.2, 0.25) is 0 Å². The van der Waals surface area contributed by atoms with Gasteiger partial charge in [-0.25, -0.2) is 0 Å². The van der Waals surface area contributed by atoms with Gasteiger partial charge < -0.3 is 15.4 Å². The normalized spacial score (nSPS) is 12.3. The van der Waals surface area contributed by atoms with E-state index >= 15 is 0 Å². The fourth-order valence-electron chi connectivity index (χ4n) is 3.02. The summed E-state index contributed by atoms with van der Waals surface area (Å²) in [6, 6.07) is 8.43. The van der Waals surface area contributed by atoms with E-state index in [-0.39, 0.29) is 30.0 Å². The molecule has 0 aliphatic rings. The Morgan fingerprint density at radius 3 is 2.44 bits per heavy atom. The Kier molecular flexibility index (Phi) is 9.62. The van der Waals surface area contributed by atoms with Gasteiger partial charge in [-0.3, -0.25) is 9.67 Å². The van der Waals surface area contributed by atoms with Crippen LogP contribution in [0.25, 0.3) is 0 Å². The highest BCUT2D eigenvalue weighted by molar-refractivity contribution is 14.0. The van der Waals surface area contributed by atoms with Crippen LogP contribution in [0.5, 0.6) is 5.75 Å². The monoisotopic (exact) mass is 485 g/mol. The Labute approximate surface area is 179 Å². The number of aryl methyl sites for hydroxylation is 2. The predicted molar refractivity (Wildman–Crippen MR) is 122 cm³/mol. The molecule has 2 aromatic rings. The molecule has 1 unspecified atom stereocenters. The maximum absolute atomic E-state index is 5.19. The molecule has 150 valence electrons. The summed E-state index contributed by atoms with van der Waals surface area (Å²) in [6.45, 7) is 7.17. The van der Waals surface area contributed by atoms with Gasteiger partial charge in [0.1, 0.15) is 5.75 Å². The molecular formula is C20H32IN5O. The van der Waals surface area contributed by atoms with E-state index in [1.165, 1.54) is 16.8 Å². The molecule has 1 heterocycles. The third kappa shape index (κ3) is 6.71. The first-order valence-corrected chi connectivity index (χ1v) is 9.03. The minimum absolute atomic E-state index is 0. The van der Waals surface area contributed by atoms with Gasteiger partial charge in [-0.05, 0) is 56.9 Å². The number of halogens is 1. The van der Waals surface area contributed by atoms with E-state index in [0.29, 0.717) is 0 Å². The van der Waals surface area contributed by atoms with Gasteiger partial charge in [-0.1, -0.05) is 12.1 Å². The molecule has 1 atom stereocenters. The summed E-state index contributed by atoms with van der Waals surface area (Å²) in [5.41, 5.74) is 4.89. The number of hydrogen-bond donors (Lipinski definition) is 2. The molecule has 0 radical (unpaired) electrons. The number of benzene rings is 1. The highest BCUT2D eigenvalue weighted by Crippen LogP contribution is 2.14. The number of rotatable bonds is 7. The molecule has 2 rings (SSSR count). The van der Waals surface area contributed by atoms with Gasteiger partial charge in [0.15, 0.2) is 5.96 Å². The summed E-state index contributed by atoms with van der Waals surface area (Å²) in [7, 11) is 5.47. The molecule has 1 aromatic carbocycles. The summed E-state index contributed by atoms with van der Waals surface area (Å²) < 4.78 is 7.13. The largest absolute Gasteiger partial charge is 0.497 e. The molecular weight excluding hydrogens is 453 g/mol. The molecule has 2 N–H and O–H groups in total. The maximum atomic E-state index is 5.19. The van der Waals surface area contributed by atoms with Crippen molar-refractivity contribution in [3.63, 3.8) is 0 Å². The van der Waals surface area contributed by atoms with Crippen molar-refractivity contribution in [3.8, 4) is 5.75 Å². The van der Waals surface area contributed by atoms with Crippen LogP contribution in [-0.2, 0) is 19.9 Å². The molecule has 0 fully saturated rings. The first kappa shape index (κ1) is 23.3. The van der Waals surface area contributed by atoms with Crippen LogP contribution in [-0.4, -0.2) is 42.5 Å². The standard InChI is InChI=1S/C20H31N5O.HI/c1-14(13-19-15(2)24-25(5)16(19)3)23-20(21-4)22-12-11-17-7-9-18(26-6)10-8-17;/h7-10,14H,11-13H2,1-6H3,(H2,21,22,23);1H. The lowest BCUT2D eigenvalue weighted by atomic mass is 10.1. The molecule has 0 saturated carbocycles. The smallest absolute Gasteiger partial charge is 0.191 e. The van der Waals surface area contributed by atoms with Gasteiger partial charge in [0, 0.05) is 32.4 Å². The average molecular weight is 485 g/mol. The van der Waals surface area contributed by atoms with Crippen molar-refractivity contribution in [2.45, 2.75) is 39.7 Å². The Hall–Kier alpha value is -1.77. The van der Waals surface area contributed by atoms with Crippen molar-refractivity contribution in [1.29, 1.82) is 0 Å². The van der Waals surface area contributed by atoms with Crippen molar-refractivity contribution >= 4 is 29.9 Å². The topological polar surface area (TPSA) is 63.5 Å². The van der Waals surface area contributed by atoms with E-state index in [1.807, 2.05) is 23.9 Å². The second-order valence-corrected chi connectivity index (χ2v) is 6.62. The van der Waals surface area contributed by atoms with E-state index in [1.54, 1.807) is 14.2 Å². The zero-order valence-electron chi connectivity index (χ0n) is 17.2. The number of nitrogens with one attached hydrogen (secondary N) is 2. The molecule has 0 aliphatic carbocycles. The van der Waals surface area contributed by atoms with Crippen molar-refractivity contribution in [3.05, 3.63) is 46.8 Å². The molecule has 6 nitrogen and oxygen atoms in total. The molecule has 0 spiro atoms. The van der Waals surface area contributed by atoms with Crippen LogP contribution in [0.1, 0.15) is 29.4 Å². The predicted octanol–water partition coefficient (Wildman–Crippen LogP) is 3.00. The van der Waals surface area contributed by atoms with Gasteiger partial charge in [-0.15, -0.1) is 24.0 Å². The minimum atomic E-state index is 0. The van der Waals surface area contributed by atoms with Gasteiger partial charge in [0.2, 0.25) is 0 Å². The molecule has 7 heteroatoms. The van der Waals surface area contributed by atoms with Gasteiger partial charge in [-0.2, -0.15) is 5.10 Å². The lowest BCUT2D eigenvalue weighted by Crippen LogP contribution is -2.43. The van der Waals surface area contributed by atoms with Gasteiger partial charge in [0.25, 0.3) is 0 Å². The number of methoxy groups -OCH3 is 1. The Morgan fingerprint density at radius 1 is 1.26 bits per heavy atom. The van der Waals surface area contributed by atoms with Crippen LogP contribution in [0.3, 0.4) is 0 Å². The first-order valence-electron chi connectivity index (χ1n) is 9.03. The number of hydrogen-bond acceptors (Lipinski definition) is 3. The zero-order valence-corrected chi connectivity index (χ0v) is 19.5. The van der Waals surface area contributed by atoms with E-state index < -0.39 is 0 Å². The Balaban J connectivity index is 0.00000364. The van der Waals surface area contributed by atoms with Crippen molar-refractivity contribution < 1.29 is 4.74 Å². The van der Waals surface area contributed by atoms with E-state index in [4.69, 9.17) is 4.74 Å². The molecule has 0 aliphatic heterocycles. The first-order chi connectivity index (χ1) is 12.4. The summed E-state index contributed by atoms with van der Waals surface area (Å²) in [5, 5.41) is 11.3. The molecule has 27 heavy (non-hydrogen) atoms. The Morgan fingerprint density at radius 2 is 1.93 bits per heavy atom. The van der Waals surface area contributed by atoms with Crippen molar-refractivity contribution in [2.24, 2.45) is 12.0 Å². The SMILES string of the molecule is CN=C(NCCc1ccc(OC)cc1)NC(C)Cc1c(C)nn(C)c1C.I. The highest BCUT2D eigenvalue weighted by atomic mass is 127. The third-order valence-corrected chi connectivity index (χ3v) is 4.64. The highest BCUT2D eigenvalue weighted by Gasteiger charge is 2.13. The zero-order chi connectivity index (χ0) is 19.1. The van der Waals surface area contributed by atoms with Crippen LogP contribution >= 0.6 is 24.0 Å². The van der Waals surface area contributed by atoms with E-state index in [2.05, 4.69) is 53.6 Å². The van der Waals surface area contributed by atoms with Gasteiger partial charge in [0.05, 0.1) is 12.8 Å². The summed E-state index contributed by atoms with van der Waals surface area (Å²) in [4.78, 5) is 4.33. The third-order valence-electron chi connectivity index (χ3n) is 4.64. The van der Waals surface area contributed by atoms with Crippen LogP contribution in [0, 0.1) is 13.8 Å². The van der Waals surface area contributed by atoms with Crippen molar-refractivity contribution in [2.75, 3.05) is 20.7 Å². The number of ether oxygens (including phenoxy) is 1. The van der Waals surface area contributed by atoms with Crippen molar-refractivity contribution in [1.82, 2.24) is 20.4 Å². The average Bonchev–Trinajstić information content (AvgIpc) is 2.87. The second kappa shape index (κ2) is 11.2. The van der Waals surface area contributed by atoms with Gasteiger partial charge >= 0.3 is 0 Å². The summed E-state index contributed by atoms with van der Waals surface area (Å²) in [5.74, 6) is 1.71. The minimum Gasteiger partial charge on any atom is -0.497 e. The fourth-order valence-corrected chi connectivity index (χ4v) is 3.02. The molecule has 0 bridgehead atoms. The van der Waals surface area contributed by atoms with Crippen LogP contribution in [0.4, 0.5) is 0 Å². The van der Waals surface area contributed by atoms with E-state index in [9.17, 15) is 0 Å². The summed E-state index contributed by atoms with van der Waals surface area (Å²) >= 11 is 0. The molecule has 0 saturated heterocycles. The number of aliphatic imine (C=N–C) groups is 1. The number of aromatic nitrogens is 2. The maximum Gasteiger partial charge on any atom is 0.191 e. The number of guanidine groups is 1. The lowest BCUT2D eigenvalue weighted by molar-refractivity contribution is 0.414. The van der Waals surface area contributed by atoms with E-state index in [0.717, 1.165) is 36.8 Å². The fraction of sp³-hybridized carbons (Fsp3) is 0.500. The number of nitrogens with zero attached hydrogens (tertiary/aromatic N) is 3. The quantitative estimate of drug-likeness (QED) is 0.360. The molecule has 1 aromatic heterocycles. The molecule has 0 amide bonds. The lowest BCUT2D eigenvalue weighted by Gasteiger charge is -2.18. The Bertz CT molecular complexity index is 740. The second-order valence-electron chi connectivity index (χ2n) is 6.62. The summed E-state index contributed by atoms with van der Waals surface area (Å²) in [6.07, 6.45) is 1.85. The van der Waals surface area contributed by atoms with Crippen LogP contribution < -0.4 is 15.4 Å².